The maximum absolute atomic E-state index is 5.82. The molecule has 0 N–H and O–H groups in total. The molecule has 0 unspecified atom stereocenters. The van der Waals surface area contributed by atoms with Crippen LogP contribution in [0.25, 0.3) is 0 Å². The number of aryl methyl sites for hydroxylation is 2. The van der Waals surface area contributed by atoms with Crippen LogP contribution in [-0.4, -0.2) is 43.1 Å². The Balaban J connectivity index is 1.54. The zero-order valence-corrected chi connectivity index (χ0v) is 14.5. The lowest BCUT2D eigenvalue weighted by Gasteiger charge is -2.33. The van der Waals surface area contributed by atoms with E-state index in [0.29, 0.717) is 5.88 Å². The fourth-order valence-electron chi connectivity index (χ4n) is 2.88. The molecule has 1 aliphatic heterocycles. The molecule has 1 fully saturated rings. The topological polar surface area (TPSA) is 19.4 Å². The van der Waals surface area contributed by atoms with Gasteiger partial charge >= 0.3 is 0 Å². The summed E-state index contributed by atoms with van der Waals surface area (Å²) >= 11 is 5.82. The van der Waals surface area contributed by atoms with Crippen molar-refractivity contribution in [2.45, 2.75) is 18.7 Å². The molecule has 0 spiro atoms. The van der Waals surface area contributed by atoms with Gasteiger partial charge in [-0.25, -0.2) is 0 Å². The number of benzene rings is 1. The molecule has 0 bridgehead atoms. The number of piperazine rings is 1. The van der Waals surface area contributed by atoms with Crippen molar-refractivity contribution in [1.29, 1.82) is 0 Å². The van der Waals surface area contributed by atoms with Gasteiger partial charge in [0.15, 0.2) is 0 Å². The second kappa shape index (κ2) is 7.80. The molecule has 2 heterocycles. The third-order valence-corrected chi connectivity index (χ3v) is 4.83. The van der Waals surface area contributed by atoms with Crippen molar-refractivity contribution >= 4 is 17.3 Å². The number of alkyl halides is 1. The summed E-state index contributed by atoms with van der Waals surface area (Å²) in [4.78, 5) is 9.43. The Hall–Kier alpha value is -1.58. The van der Waals surface area contributed by atoms with Crippen molar-refractivity contribution in [3.8, 4) is 0 Å². The number of hydrogen-bond donors (Lipinski definition) is 0. The summed E-state index contributed by atoms with van der Waals surface area (Å²) in [6.45, 7) is 4.43. The number of halogens is 1. The minimum atomic E-state index is 0.579. The van der Waals surface area contributed by atoms with Gasteiger partial charge in [0.05, 0.1) is 11.9 Å². The molecule has 3 nitrogen and oxygen atoms in total. The quantitative estimate of drug-likeness (QED) is 0.784. The van der Waals surface area contributed by atoms with E-state index in [2.05, 4.69) is 58.2 Å². The molecular weight excluding hydrogens is 306 g/mol. The van der Waals surface area contributed by atoms with Gasteiger partial charge in [0, 0.05) is 37.8 Å². The molecule has 122 valence electrons. The number of anilines is 1. The number of aromatic nitrogens is 1. The average Bonchev–Trinajstić information content (AvgIpc) is 2.61. The zero-order chi connectivity index (χ0) is 16.1. The molecule has 1 aliphatic rings. The first-order valence-electron chi connectivity index (χ1n) is 8.27. The fourth-order valence-corrected chi connectivity index (χ4v) is 3.06. The van der Waals surface area contributed by atoms with E-state index in [1.807, 2.05) is 6.20 Å². The van der Waals surface area contributed by atoms with Crippen molar-refractivity contribution in [2.75, 3.05) is 38.1 Å². The second-order valence-corrected chi connectivity index (χ2v) is 6.52. The minimum absolute atomic E-state index is 0.579. The monoisotopic (exact) mass is 329 g/mol. The second-order valence-electron chi connectivity index (χ2n) is 6.25. The highest BCUT2D eigenvalue weighted by atomic mass is 35.5. The summed E-state index contributed by atoms with van der Waals surface area (Å²) in [6, 6.07) is 12.9. The van der Waals surface area contributed by atoms with E-state index in [1.54, 1.807) is 0 Å². The van der Waals surface area contributed by atoms with Crippen molar-refractivity contribution in [3.05, 3.63) is 59.4 Å². The van der Waals surface area contributed by atoms with Crippen LogP contribution in [0.5, 0.6) is 0 Å². The predicted octanol–water partition coefficient (Wildman–Crippen LogP) is 3.36. The maximum atomic E-state index is 5.82. The zero-order valence-electron chi connectivity index (χ0n) is 13.7. The third kappa shape index (κ3) is 4.46. The van der Waals surface area contributed by atoms with Gasteiger partial charge in [-0.3, -0.25) is 4.98 Å². The Morgan fingerprint density at radius 3 is 2.22 bits per heavy atom. The SMILES string of the molecule is CN1CCN(c2ccc(CCc3ccc(CCl)cc3)nc2)CC1. The Bertz CT molecular complexity index is 602. The van der Waals surface area contributed by atoms with E-state index in [4.69, 9.17) is 11.6 Å². The van der Waals surface area contributed by atoms with Gasteiger partial charge < -0.3 is 9.80 Å². The Labute approximate surface area is 143 Å². The van der Waals surface area contributed by atoms with Gasteiger partial charge in [0.1, 0.15) is 0 Å². The number of hydrogen-bond acceptors (Lipinski definition) is 3. The number of nitrogens with zero attached hydrogens (tertiary/aromatic N) is 3. The van der Waals surface area contributed by atoms with Crippen molar-refractivity contribution in [1.82, 2.24) is 9.88 Å². The first-order chi connectivity index (χ1) is 11.2. The summed E-state index contributed by atoms with van der Waals surface area (Å²) in [7, 11) is 2.18. The van der Waals surface area contributed by atoms with Crippen LogP contribution in [0, 0.1) is 0 Å². The summed E-state index contributed by atoms with van der Waals surface area (Å²) in [5, 5.41) is 0. The standard InChI is InChI=1S/C19H24ClN3/c1-22-10-12-23(13-11-22)19-9-8-18(21-15-19)7-6-16-2-4-17(14-20)5-3-16/h2-5,8-9,15H,6-7,10-14H2,1H3. The van der Waals surface area contributed by atoms with E-state index < -0.39 is 0 Å². The van der Waals surface area contributed by atoms with Crippen LogP contribution in [0.2, 0.25) is 0 Å². The third-order valence-electron chi connectivity index (χ3n) is 4.52. The maximum Gasteiger partial charge on any atom is 0.0553 e. The molecule has 1 aromatic heterocycles. The van der Waals surface area contributed by atoms with Crippen LogP contribution < -0.4 is 4.90 Å². The Kier molecular flexibility index (Phi) is 5.52. The molecule has 2 aromatic rings. The van der Waals surface area contributed by atoms with E-state index >= 15 is 0 Å². The van der Waals surface area contributed by atoms with Gasteiger partial charge in [-0.15, -0.1) is 11.6 Å². The normalized spacial score (nSPS) is 15.8. The highest BCUT2D eigenvalue weighted by Gasteiger charge is 2.14. The van der Waals surface area contributed by atoms with Crippen LogP contribution in [0.4, 0.5) is 5.69 Å². The molecule has 1 saturated heterocycles. The van der Waals surface area contributed by atoms with Gasteiger partial charge in [-0.05, 0) is 43.1 Å². The predicted molar refractivity (Wildman–Crippen MR) is 97.4 cm³/mol. The molecule has 1 aromatic carbocycles. The Morgan fingerprint density at radius 1 is 0.913 bits per heavy atom. The van der Waals surface area contributed by atoms with Gasteiger partial charge in [-0.1, -0.05) is 24.3 Å². The molecule has 0 amide bonds. The van der Waals surface area contributed by atoms with Crippen LogP contribution in [0.1, 0.15) is 16.8 Å². The molecule has 3 rings (SSSR count). The highest BCUT2D eigenvalue weighted by Crippen LogP contribution is 2.16. The van der Waals surface area contributed by atoms with Gasteiger partial charge in [-0.2, -0.15) is 0 Å². The smallest absolute Gasteiger partial charge is 0.0553 e. The average molecular weight is 330 g/mol. The van der Waals surface area contributed by atoms with Crippen molar-refractivity contribution < 1.29 is 0 Å². The number of pyridine rings is 1. The highest BCUT2D eigenvalue weighted by molar-refractivity contribution is 6.17. The molecule has 23 heavy (non-hydrogen) atoms. The van der Waals surface area contributed by atoms with Crippen LogP contribution in [0.3, 0.4) is 0 Å². The van der Waals surface area contributed by atoms with Crippen LogP contribution >= 0.6 is 11.6 Å². The molecular formula is C19H24ClN3. The van der Waals surface area contributed by atoms with E-state index in [0.717, 1.165) is 44.7 Å². The number of rotatable bonds is 5. The van der Waals surface area contributed by atoms with Crippen molar-refractivity contribution in [3.63, 3.8) is 0 Å². The molecule has 0 radical (unpaired) electrons. The first kappa shape index (κ1) is 16.3. The van der Waals surface area contributed by atoms with Crippen LogP contribution in [0.15, 0.2) is 42.6 Å². The fraction of sp³-hybridized carbons (Fsp3) is 0.421. The van der Waals surface area contributed by atoms with Crippen LogP contribution in [-0.2, 0) is 18.7 Å². The molecule has 0 aliphatic carbocycles. The van der Waals surface area contributed by atoms with Gasteiger partial charge in [0.25, 0.3) is 0 Å². The van der Waals surface area contributed by atoms with Gasteiger partial charge in [0.2, 0.25) is 0 Å². The molecule has 0 saturated carbocycles. The summed E-state index contributed by atoms with van der Waals surface area (Å²) in [6.07, 6.45) is 4.02. The lowest BCUT2D eigenvalue weighted by atomic mass is 10.1. The Morgan fingerprint density at radius 2 is 1.61 bits per heavy atom. The lowest BCUT2D eigenvalue weighted by molar-refractivity contribution is 0.313. The summed E-state index contributed by atoms with van der Waals surface area (Å²) in [5.41, 5.74) is 4.91. The van der Waals surface area contributed by atoms with E-state index in [1.165, 1.54) is 16.8 Å². The minimum Gasteiger partial charge on any atom is -0.368 e. The van der Waals surface area contributed by atoms with E-state index in [-0.39, 0.29) is 0 Å². The first-order valence-corrected chi connectivity index (χ1v) is 8.80. The van der Waals surface area contributed by atoms with Crippen molar-refractivity contribution in [2.24, 2.45) is 0 Å². The van der Waals surface area contributed by atoms with E-state index in [9.17, 15) is 0 Å². The lowest BCUT2D eigenvalue weighted by Crippen LogP contribution is -2.44. The number of likely N-dealkylation sites (N-methyl/N-ethyl adjacent to an activating group) is 1. The largest absolute Gasteiger partial charge is 0.368 e. The molecule has 0 atom stereocenters. The molecule has 4 heteroatoms. The summed E-state index contributed by atoms with van der Waals surface area (Å²) in [5.74, 6) is 0.579. The summed E-state index contributed by atoms with van der Waals surface area (Å²) < 4.78 is 0.